The molecule has 0 saturated carbocycles. The van der Waals surface area contributed by atoms with Gasteiger partial charge < -0.3 is 10.1 Å². The second-order valence-electron chi connectivity index (χ2n) is 5.83. The third kappa shape index (κ3) is 3.31. The molecule has 0 bridgehead atoms. The second kappa shape index (κ2) is 7.28. The Bertz CT molecular complexity index is 824. The van der Waals surface area contributed by atoms with Gasteiger partial charge in [-0.1, -0.05) is 72.8 Å². The van der Waals surface area contributed by atoms with Crippen LogP contribution in [0.1, 0.15) is 30.2 Å². The monoisotopic (exact) mass is 319 g/mol. The van der Waals surface area contributed by atoms with Gasteiger partial charge in [0.15, 0.2) is 6.10 Å². The molecule has 3 heteroatoms. The van der Waals surface area contributed by atoms with Crippen molar-refractivity contribution in [1.29, 1.82) is 0 Å². The quantitative estimate of drug-likeness (QED) is 0.757. The summed E-state index contributed by atoms with van der Waals surface area (Å²) in [6.45, 7) is 2.00. The largest absolute Gasteiger partial charge is 0.367 e. The van der Waals surface area contributed by atoms with Crippen LogP contribution >= 0.6 is 0 Å². The molecule has 1 amide bonds. The van der Waals surface area contributed by atoms with Crippen molar-refractivity contribution in [3.63, 3.8) is 0 Å². The number of hydrogen-bond acceptors (Lipinski definition) is 2. The van der Waals surface area contributed by atoms with Crippen LogP contribution in [-0.2, 0) is 9.53 Å². The first kappa shape index (κ1) is 16.2. The summed E-state index contributed by atoms with van der Waals surface area (Å²) in [7, 11) is 1.56. The molecular weight excluding hydrogens is 298 g/mol. The Morgan fingerprint density at radius 3 is 2.33 bits per heavy atom. The molecule has 3 nitrogen and oxygen atoms in total. The molecule has 3 aromatic rings. The molecule has 0 unspecified atom stereocenters. The molecule has 0 saturated heterocycles. The topological polar surface area (TPSA) is 38.3 Å². The molecule has 0 spiro atoms. The van der Waals surface area contributed by atoms with Crippen molar-refractivity contribution in [1.82, 2.24) is 5.32 Å². The van der Waals surface area contributed by atoms with Gasteiger partial charge in [0.1, 0.15) is 0 Å². The maximum absolute atomic E-state index is 12.7. The van der Waals surface area contributed by atoms with Crippen LogP contribution < -0.4 is 5.32 Å². The molecule has 0 aliphatic carbocycles. The highest BCUT2D eigenvalue weighted by atomic mass is 16.5. The smallest absolute Gasteiger partial charge is 0.254 e. The van der Waals surface area contributed by atoms with Crippen LogP contribution in [0.4, 0.5) is 0 Å². The standard InChI is InChI=1S/C21H21NO2/c1-15(18-14-8-12-16-9-6-7-13-19(16)18)22-21(23)20(24-2)17-10-4-3-5-11-17/h3-15,20H,1-2H3,(H,22,23)/t15-,20-/m1/s1. The summed E-state index contributed by atoms with van der Waals surface area (Å²) in [6, 6.07) is 23.8. The van der Waals surface area contributed by atoms with E-state index in [1.165, 1.54) is 5.39 Å². The average Bonchev–Trinajstić information content (AvgIpc) is 2.62. The molecule has 0 aliphatic rings. The van der Waals surface area contributed by atoms with Gasteiger partial charge in [-0.2, -0.15) is 0 Å². The van der Waals surface area contributed by atoms with Gasteiger partial charge in [-0.15, -0.1) is 0 Å². The molecule has 3 aromatic carbocycles. The van der Waals surface area contributed by atoms with E-state index in [1.54, 1.807) is 7.11 Å². The molecular formula is C21H21NO2. The van der Waals surface area contributed by atoms with Gasteiger partial charge in [0, 0.05) is 7.11 Å². The normalized spacial score (nSPS) is 13.4. The fourth-order valence-corrected chi connectivity index (χ4v) is 3.02. The minimum Gasteiger partial charge on any atom is -0.367 e. The van der Waals surface area contributed by atoms with Crippen molar-refractivity contribution in [2.75, 3.05) is 7.11 Å². The summed E-state index contributed by atoms with van der Waals surface area (Å²) in [4.78, 5) is 12.7. The zero-order valence-electron chi connectivity index (χ0n) is 13.9. The van der Waals surface area contributed by atoms with Crippen molar-refractivity contribution >= 4 is 16.7 Å². The summed E-state index contributed by atoms with van der Waals surface area (Å²) in [5.74, 6) is -0.135. The predicted molar refractivity (Wildman–Crippen MR) is 96.7 cm³/mol. The van der Waals surface area contributed by atoms with E-state index in [9.17, 15) is 4.79 Å². The molecule has 0 heterocycles. The lowest BCUT2D eigenvalue weighted by Crippen LogP contribution is -2.32. The summed E-state index contributed by atoms with van der Waals surface area (Å²) in [5, 5.41) is 5.40. The van der Waals surface area contributed by atoms with Crippen molar-refractivity contribution in [3.8, 4) is 0 Å². The van der Waals surface area contributed by atoms with E-state index >= 15 is 0 Å². The average molecular weight is 319 g/mol. The molecule has 24 heavy (non-hydrogen) atoms. The molecule has 0 aromatic heterocycles. The minimum absolute atomic E-state index is 0.107. The highest BCUT2D eigenvalue weighted by molar-refractivity contribution is 5.87. The first-order valence-corrected chi connectivity index (χ1v) is 8.06. The summed E-state index contributed by atoms with van der Waals surface area (Å²) in [5.41, 5.74) is 1.95. The maximum atomic E-state index is 12.7. The van der Waals surface area contributed by atoms with Crippen molar-refractivity contribution in [3.05, 3.63) is 83.9 Å². The number of carbonyl (C=O) groups excluding carboxylic acids is 1. The molecule has 0 radical (unpaired) electrons. The van der Waals surface area contributed by atoms with E-state index in [4.69, 9.17) is 4.74 Å². The molecule has 3 rings (SSSR count). The number of hydrogen-bond donors (Lipinski definition) is 1. The van der Waals surface area contributed by atoms with Crippen molar-refractivity contribution < 1.29 is 9.53 Å². The first-order valence-electron chi connectivity index (χ1n) is 8.06. The fraction of sp³-hybridized carbons (Fsp3) is 0.190. The molecule has 0 aliphatic heterocycles. The van der Waals surface area contributed by atoms with Gasteiger partial charge in [-0.05, 0) is 28.8 Å². The number of rotatable bonds is 5. The number of nitrogens with one attached hydrogen (secondary N) is 1. The fourth-order valence-electron chi connectivity index (χ4n) is 3.02. The summed E-state index contributed by atoms with van der Waals surface area (Å²) in [6.07, 6.45) is -0.608. The van der Waals surface area contributed by atoms with Crippen LogP contribution in [0.25, 0.3) is 10.8 Å². The third-order valence-corrected chi connectivity index (χ3v) is 4.22. The lowest BCUT2D eigenvalue weighted by Gasteiger charge is -2.21. The van der Waals surface area contributed by atoms with E-state index in [0.29, 0.717) is 0 Å². The van der Waals surface area contributed by atoms with Crippen LogP contribution in [0.3, 0.4) is 0 Å². The summed E-state index contributed by atoms with van der Waals surface area (Å²) >= 11 is 0. The predicted octanol–water partition coefficient (Wildman–Crippen LogP) is 4.40. The number of benzene rings is 3. The van der Waals surface area contributed by atoms with Crippen LogP contribution in [0.15, 0.2) is 72.8 Å². The number of methoxy groups -OCH3 is 1. The highest BCUT2D eigenvalue weighted by Gasteiger charge is 2.22. The lowest BCUT2D eigenvalue weighted by molar-refractivity contribution is -0.132. The zero-order valence-corrected chi connectivity index (χ0v) is 13.9. The van der Waals surface area contributed by atoms with E-state index < -0.39 is 6.10 Å². The Morgan fingerprint density at radius 1 is 0.917 bits per heavy atom. The van der Waals surface area contributed by atoms with E-state index in [-0.39, 0.29) is 11.9 Å². The third-order valence-electron chi connectivity index (χ3n) is 4.22. The summed E-state index contributed by atoms with van der Waals surface area (Å²) < 4.78 is 5.41. The molecule has 0 fully saturated rings. The van der Waals surface area contributed by atoms with Crippen LogP contribution in [-0.4, -0.2) is 13.0 Å². The SMILES string of the molecule is CO[C@@H](C(=O)N[C@H](C)c1cccc2ccccc12)c1ccccc1. The van der Waals surface area contributed by atoms with Crippen molar-refractivity contribution in [2.24, 2.45) is 0 Å². The Labute approximate surface area is 142 Å². The van der Waals surface area contributed by atoms with E-state index in [1.807, 2.05) is 55.5 Å². The molecule has 1 N–H and O–H groups in total. The lowest BCUT2D eigenvalue weighted by atomic mass is 9.99. The minimum atomic E-state index is -0.608. The highest BCUT2D eigenvalue weighted by Crippen LogP contribution is 2.25. The molecule has 2 atom stereocenters. The Balaban J connectivity index is 1.83. The van der Waals surface area contributed by atoms with Gasteiger partial charge in [0.25, 0.3) is 5.91 Å². The van der Waals surface area contributed by atoms with Gasteiger partial charge in [0.05, 0.1) is 6.04 Å². The van der Waals surface area contributed by atoms with E-state index in [2.05, 4.69) is 29.6 Å². The maximum Gasteiger partial charge on any atom is 0.254 e. The number of carbonyl (C=O) groups is 1. The van der Waals surface area contributed by atoms with E-state index in [0.717, 1.165) is 16.5 Å². The van der Waals surface area contributed by atoms with Gasteiger partial charge >= 0.3 is 0 Å². The van der Waals surface area contributed by atoms with Crippen LogP contribution in [0.5, 0.6) is 0 Å². The van der Waals surface area contributed by atoms with Crippen molar-refractivity contribution in [2.45, 2.75) is 19.1 Å². The Morgan fingerprint density at radius 2 is 1.58 bits per heavy atom. The zero-order chi connectivity index (χ0) is 16.9. The van der Waals surface area contributed by atoms with Gasteiger partial charge in [0.2, 0.25) is 0 Å². The number of ether oxygens (including phenoxy) is 1. The molecule has 122 valence electrons. The Kier molecular flexibility index (Phi) is 4.92. The van der Waals surface area contributed by atoms with Gasteiger partial charge in [-0.25, -0.2) is 0 Å². The number of amides is 1. The second-order valence-corrected chi connectivity index (χ2v) is 5.83. The number of fused-ring (bicyclic) bond motifs is 1. The van der Waals surface area contributed by atoms with Crippen LogP contribution in [0.2, 0.25) is 0 Å². The first-order chi connectivity index (χ1) is 11.7. The van der Waals surface area contributed by atoms with Crippen LogP contribution in [0, 0.1) is 0 Å². The van der Waals surface area contributed by atoms with Gasteiger partial charge in [-0.3, -0.25) is 4.79 Å². The Hall–Kier alpha value is -2.65.